The van der Waals surface area contributed by atoms with Crippen LogP contribution in [-0.4, -0.2) is 0 Å². The van der Waals surface area contributed by atoms with Gasteiger partial charge in [-0.2, -0.15) is 0 Å². The van der Waals surface area contributed by atoms with Gasteiger partial charge in [0.25, 0.3) is 0 Å². The van der Waals surface area contributed by atoms with Gasteiger partial charge in [0.2, 0.25) is 0 Å². The molecule has 0 spiro atoms. The van der Waals surface area contributed by atoms with Gasteiger partial charge in [-0.3, -0.25) is 0 Å². The summed E-state index contributed by atoms with van der Waals surface area (Å²) in [5.74, 6) is 0. The topological polar surface area (TPSA) is 0 Å². The van der Waals surface area contributed by atoms with Crippen molar-refractivity contribution in [3.05, 3.63) is 47.0 Å². The number of rotatable bonds is 1. The second kappa shape index (κ2) is 3.45. The average molecular weight is 184 g/mol. The molecule has 0 heteroatoms. The van der Waals surface area contributed by atoms with Crippen molar-refractivity contribution in [3.8, 4) is 11.1 Å². The number of hydrogen-bond donors (Lipinski definition) is 0. The van der Waals surface area contributed by atoms with Gasteiger partial charge in [-0.05, 0) is 48.1 Å². The van der Waals surface area contributed by atoms with Crippen LogP contribution in [0.1, 0.15) is 23.6 Å². The zero-order valence-electron chi connectivity index (χ0n) is 9.09. The fourth-order valence-corrected chi connectivity index (χ4v) is 2.07. The molecule has 2 rings (SSSR count). The van der Waals surface area contributed by atoms with Crippen molar-refractivity contribution in [2.24, 2.45) is 0 Å². The molecule has 0 aromatic carbocycles. The normalized spacial score (nSPS) is 10.8. The van der Waals surface area contributed by atoms with Gasteiger partial charge in [0.05, 0.1) is 0 Å². The van der Waals surface area contributed by atoms with Crippen LogP contribution >= 0.6 is 0 Å². The third kappa shape index (κ3) is 1.41. The summed E-state index contributed by atoms with van der Waals surface area (Å²) in [6, 6.07) is 11.1. The Morgan fingerprint density at radius 1 is 0.929 bits per heavy atom. The molecule has 0 nitrogen and oxygen atoms in total. The summed E-state index contributed by atoms with van der Waals surface area (Å²) in [5.41, 5.74) is 6.98. The molecular weight excluding hydrogens is 168 g/mol. The van der Waals surface area contributed by atoms with Gasteiger partial charge in [-0.15, -0.1) is 0 Å². The van der Waals surface area contributed by atoms with Gasteiger partial charge in [0.15, 0.2) is 0 Å². The van der Waals surface area contributed by atoms with Crippen LogP contribution in [0, 0.1) is 13.8 Å². The van der Waals surface area contributed by atoms with Crippen LogP contribution in [0.25, 0.3) is 11.1 Å². The highest BCUT2D eigenvalue weighted by Crippen LogP contribution is 2.29. The molecule has 0 atom stereocenters. The highest BCUT2D eigenvalue weighted by molar-refractivity contribution is 5.72. The van der Waals surface area contributed by atoms with Gasteiger partial charge in [-0.1, -0.05) is 37.3 Å². The van der Waals surface area contributed by atoms with Crippen LogP contribution in [0.2, 0.25) is 0 Å². The second-order valence-electron chi connectivity index (χ2n) is 3.94. The molecule has 0 unspecified atom stereocenters. The van der Waals surface area contributed by atoms with Crippen LogP contribution in [0.3, 0.4) is 0 Å². The second-order valence-corrected chi connectivity index (χ2v) is 3.94. The lowest BCUT2D eigenvalue weighted by atomic mass is 10.1. The van der Waals surface area contributed by atoms with Crippen LogP contribution in [-0.2, 0) is 6.42 Å². The van der Waals surface area contributed by atoms with Gasteiger partial charge in [0, 0.05) is 0 Å². The van der Waals surface area contributed by atoms with E-state index in [0.717, 1.165) is 6.42 Å². The first-order valence-electron chi connectivity index (χ1n) is 5.21. The standard InChI is InChI=1S/C14H16/c1-4-12-8-10(2)13-6-5-7-14(13)11(3)9-12/h5-9H,4H2,1-3H3. The molecule has 0 aliphatic heterocycles. The summed E-state index contributed by atoms with van der Waals surface area (Å²) < 4.78 is 0. The van der Waals surface area contributed by atoms with E-state index < -0.39 is 0 Å². The maximum Gasteiger partial charge on any atom is -0.0152 e. The molecule has 2 aliphatic carbocycles. The molecule has 0 saturated heterocycles. The minimum Gasteiger partial charge on any atom is -0.0613 e. The predicted octanol–water partition coefficient (Wildman–Crippen LogP) is 3.97. The van der Waals surface area contributed by atoms with Crippen molar-refractivity contribution >= 4 is 0 Å². The number of fused-ring (bicyclic) bond motifs is 1. The molecule has 0 N–H and O–H groups in total. The van der Waals surface area contributed by atoms with Gasteiger partial charge in [-0.25, -0.2) is 0 Å². The van der Waals surface area contributed by atoms with Crippen LogP contribution in [0.15, 0.2) is 30.3 Å². The highest BCUT2D eigenvalue weighted by Gasteiger charge is 2.06. The van der Waals surface area contributed by atoms with E-state index in [9.17, 15) is 0 Å². The summed E-state index contributed by atoms with van der Waals surface area (Å²) >= 11 is 0. The average Bonchev–Trinajstić information content (AvgIpc) is 2.61. The Labute approximate surface area is 85.9 Å². The maximum atomic E-state index is 2.30. The minimum absolute atomic E-state index is 1.11. The summed E-state index contributed by atoms with van der Waals surface area (Å²) in [4.78, 5) is 0. The molecule has 72 valence electrons. The maximum absolute atomic E-state index is 2.30. The molecule has 0 radical (unpaired) electrons. The van der Waals surface area contributed by atoms with Crippen LogP contribution < -0.4 is 0 Å². The van der Waals surface area contributed by atoms with E-state index in [1.807, 2.05) is 0 Å². The van der Waals surface area contributed by atoms with Crippen LogP contribution in [0.4, 0.5) is 0 Å². The van der Waals surface area contributed by atoms with Crippen molar-refractivity contribution in [2.45, 2.75) is 27.2 Å². The summed E-state index contributed by atoms with van der Waals surface area (Å²) in [6.07, 6.45) is 1.11. The molecule has 0 heterocycles. The number of aryl methyl sites for hydroxylation is 3. The quantitative estimate of drug-likeness (QED) is 0.629. The monoisotopic (exact) mass is 184 g/mol. The number of hydrogen-bond acceptors (Lipinski definition) is 0. The largest absolute Gasteiger partial charge is 0.0613 e. The van der Waals surface area contributed by atoms with E-state index in [-0.39, 0.29) is 0 Å². The Hall–Kier alpha value is -1.30. The predicted molar refractivity (Wildman–Crippen MR) is 61.9 cm³/mol. The molecule has 0 saturated carbocycles. The Bertz CT molecular complexity index is 390. The van der Waals surface area contributed by atoms with E-state index in [1.54, 1.807) is 0 Å². The van der Waals surface area contributed by atoms with Gasteiger partial charge in [0.1, 0.15) is 0 Å². The van der Waals surface area contributed by atoms with Crippen LogP contribution in [0.5, 0.6) is 0 Å². The van der Waals surface area contributed by atoms with E-state index in [4.69, 9.17) is 0 Å². The Morgan fingerprint density at radius 2 is 1.43 bits per heavy atom. The zero-order valence-corrected chi connectivity index (χ0v) is 9.09. The molecule has 2 aliphatic rings. The van der Waals surface area contributed by atoms with Crippen molar-refractivity contribution in [1.29, 1.82) is 0 Å². The Balaban J connectivity index is 2.77. The van der Waals surface area contributed by atoms with E-state index in [2.05, 4.69) is 51.1 Å². The van der Waals surface area contributed by atoms with Crippen molar-refractivity contribution < 1.29 is 0 Å². The first kappa shape index (κ1) is 9.26. The molecule has 0 fully saturated rings. The van der Waals surface area contributed by atoms with Crippen molar-refractivity contribution in [1.82, 2.24) is 0 Å². The third-order valence-corrected chi connectivity index (χ3v) is 2.88. The highest BCUT2D eigenvalue weighted by atomic mass is 14.1. The lowest BCUT2D eigenvalue weighted by molar-refractivity contribution is 1.14. The fourth-order valence-electron chi connectivity index (χ4n) is 2.07. The molecule has 14 heavy (non-hydrogen) atoms. The van der Waals surface area contributed by atoms with E-state index >= 15 is 0 Å². The summed E-state index contributed by atoms with van der Waals surface area (Å²) in [5, 5.41) is 0. The first-order valence-corrected chi connectivity index (χ1v) is 5.21. The molecule has 0 amide bonds. The van der Waals surface area contributed by atoms with Crippen molar-refractivity contribution in [2.75, 3.05) is 0 Å². The first-order chi connectivity index (χ1) is 6.72. The Kier molecular flexibility index (Phi) is 2.28. The summed E-state index contributed by atoms with van der Waals surface area (Å²) in [7, 11) is 0. The van der Waals surface area contributed by atoms with Gasteiger partial charge < -0.3 is 0 Å². The third-order valence-electron chi connectivity index (χ3n) is 2.88. The SMILES string of the molecule is CCc1cc(C)c2cccc-2c(C)c1. The molecular formula is C14H16. The molecule has 0 aromatic rings. The van der Waals surface area contributed by atoms with E-state index in [1.165, 1.54) is 27.8 Å². The molecule has 0 aromatic heterocycles. The minimum atomic E-state index is 1.11. The summed E-state index contributed by atoms with van der Waals surface area (Å²) in [6.45, 7) is 6.60. The van der Waals surface area contributed by atoms with Crippen molar-refractivity contribution in [3.63, 3.8) is 0 Å². The zero-order chi connectivity index (χ0) is 10.1. The lowest BCUT2D eigenvalue weighted by Crippen LogP contribution is -1.75. The Morgan fingerprint density at radius 3 is 1.86 bits per heavy atom. The smallest absolute Gasteiger partial charge is 0.0152 e. The van der Waals surface area contributed by atoms with Gasteiger partial charge >= 0.3 is 0 Å². The molecule has 0 bridgehead atoms. The van der Waals surface area contributed by atoms with E-state index in [0.29, 0.717) is 0 Å². The fraction of sp³-hybridized carbons (Fsp3) is 0.286. The lowest BCUT2D eigenvalue weighted by Gasteiger charge is -1.98.